The van der Waals surface area contributed by atoms with E-state index in [0.29, 0.717) is 25.6 Å². The summed E-state index contributed by atoms with van der Waals surface area (Å²) in [5.41, 5.74) is 3.83. The molecule has 3 heterocycles. The van der Waals surface area contributed by atoms with Crippen LogP contribution in [0.15, 0.2) is 24.5 Å². The van der Waals surface area contributed by atoms with Gasteiger partial charge in [0.1, 0.15) is 12.4 Å². The second-order valence-electron chi connectivity index (χ2n) is 8.94. The summed E-state index contributed by atoms with van der Waals surface area (Å²) in [6, 6.07) is 4.55. The van der Waals surface area contributed by atoms with Crippen LogP contribution in [0.2, 0.25) is 0 Å². The molecule has 32 heavy (non-hydrogen) atoms. The average Bonchev–Trinajstić information content (AvgIpc) is 3.39. The molecule has 1 saturated heterocycles. The molecule has 2 aliphatic heterocycles. The van der Waals surface area contributed by atoms with Crippen molar-refractivity contribution in [3.8, 4) is 16.9 Å². The number of aromatic nitrogens is 2. The predicted octanol–water partition coefficient (Wildman–Crippen LogP) is 3.79. The third-order valence-electron chi connectivity index (χ3n) is 6.73. The first-order valence-corrected chi connectivity index (χ1v) is 11.5. The summed E-state index contributed by atoms with van der Waals surface area (Å²) in [4.78, 5) is 28.1. The van der Waals surface area contributed by atoms with Gasteiger partial charge in [-0.2, -0.15) is 5.10 Å². The van der Waals surface area contributed by atoms with E-state index in [9.17, 15) is 9.59 Å². The van der Waals surface area contributed by atoms with Gasteiger partial charge in [0.15, 0.2) is 0 Å². The molecule has 0 spiro atoms. The molecule has 1 atom stereocenters. The lowest BCUT2D eigenvalue weighted by Gasteiger charge is -2.35. The van der Waals surface area contributed by atoms with Crippen LogP contribution in [-0.2, 0) is 16.0 Å². The number of carbonyl (C=O) groups excluding carboxylic acids is 2. The van der Waals surface area contributed by atoms with Gasteiger partial charge in [0.2, 0.25) is 5.91 Å². The predicted molar refractivity (Wildman–Crippen MR) is 120 cm³/mol. The third kappa shape index (κ3) is 3.82. The van der Waals surface area contributed by atoms with Crippen LogP contribution in [0.1, 0.15) is 50.6 Å². The fraction of sp³-hybridized carbons (Fsp3) is 0.542. The summed E-state index contributed by atoms with van der Waals surface area (Å²) in [6.45, 7) is 3.82. The second kappa shape index (κ2) is 8.48. The maximum Gasteiger partial charge on any atom is 0.414 e. The van der Waals surface area contributed by atoms with Gasteiger partial charge in [-0.25, -0.2) is 4.79 Å². The number of benzene rings is 1. The number of hydrogen-bond donors (Lipinski definition) is 0. The molecule has 1 aromatic carbocycles. The second-order valence-corrected chi connectivity index (χ2v) is 8.94. The highest BCUT2D eigenvalue weighted by Gasteiger charge is 2.33. The van der Waals surface area contributed by atoms with Crippen molar-refractivity contribution in [2.45, 2.75) is 57.5 Å². The van der Waals surface area contributed by atoms with Crippen molar-refractivity contribution < 1.29 is 19.1 Å². The van der Waals surface area contributed by atoms with Gasteiger partial charge in [0.05, 0.1) is 31.6 Å². The fourth-order valence-corrected chi connectivity index (χ4v) is 4.79. The SMILES string of the molecule is COC(=O)N1c2ccc(-c3cnn(C4CC4)c3)c(OCCN3CCCC3=O)c2CC[C@@H]1C. The number of methoxy groups -OCH3 is 1. The topological polar surface area (TPSA) is 76.9 Å². The molecule has 170 valence electrons. The van der Waals surface area contributed by atoms with Crippen LogP contribution in [0.3, 0.4) is 0 Å². The van der Waals surface area contributed by atoms with Crippen molar-refractivity contribution in [1.29, 1.82) is 0 Å². The number of nitrogens with zero attached hydrogens (tertiary/aromatic N) is 4. The molecule has 0 bridgehead atoms. The largest absolute Gasteiger partial charge is 0.491 e. The quantitative estimate of drug-likeness (QED) is 0.686. The highest BCUT2D eigenvalue weighted by Crippen LogP contribution is 2.44. The van der Waals surface area contributed by atoms with E-state index in [4.69, 9.17) is 9.47 Å². The Hall–Kier alpha value is -3.03. The normalized spacial score (nSPS) is 20.4. The van der Waals surface area contributed by atoms with Crippen molar-refractivity contribution in [2.24, 2.45) is 0 Å². The van der Waals surface area contributed by atoms with Gasteiger partial charge < -0.3 is 14.4 Å². The zero-order chi connectivity index (χ0) is 22.2. The van der Waals surface area contributed by atoms with Crippen LogP contribution in [0.4, 0.5) is 10.5 Å². The number of rotatable bonds is 6. The molecule has 1 saturated carbocycles. The Kier molecular flexibility index (Phi) is 5.53. The Balaban J connectivity index is 1.49. The van der Waals surface area contributed by atoms with Crippen molar-refractivity contribution in [1.82, 2.24) is 14.7 Å². The van der Waals surface area contributed by atoms with Crippen LogP contribution >= 0.6 is 0 Å². The molecule has 1 aromatic heterocycles. The van der Waals surface area contributed by atoms with Crippen molar-refractivity contribution in [3.63, 3.8) is 0 Å². The lowest BCUT2D eigenvalue weighted by atomic mass is 9.92. The molecule has 0 radical (unpaired) electrons. The standard InChI is InChI=1S/C24H30N4O4/c1-16-5-8-20-21(28(16)24(30)31-2)10-9-19(17-14-25-27(15-17)18-6-7-18)23(20)32-13-12-26-11-3-4-22(26)29/h9-10,14-16,18H,3-8,11-13H2,1-2H3/t16-/m0/s1. The summed E-state index contributed by atoms with van der Waals surface area (Å²) in [5, 5.41) is 4.55. The molecule has 3 aliphatic rings. The van der Waals surface area contributed by atoms with Gasteiger partial charge >= 0.3 is 6.09 Å². The first-order chi connectivity index (χ1) is 15.6. The molecule has 2 aromatic rings. The monoisotopic (exact) mass is 438 g/mol. The first kappa shape index (κ1) is 20.8. The van der Waals surface area contributed by atoms with Crippen molar-refractivity contribution >= 4 is 17.7 Å². The van der Waals surface area contributed by atoms with Gasteiger partial charge in [-0.15, -0.1) is 0 Å². The van der Waals surface area contributed by atoms with E-state index in [1.165, 1.54) is 20.0 Å². The number of fused-ring (bicyclic) bond motifs is 1. The minimum atomic E-state index is -0.360. The fourth-order valence-electron chi connectivity index (χ4n) is 4.79. The molecule has 0 N–H and O–H groups in total. The summed E-state index contributed by atoms with van der Waals surface area (Å²) < 4.78 is 13.5. The summed E-state index contributed by atoms with van der Waals surface area (Å²) in [7, 11) is 1.41. The van der Waals surface area contributed by atoms with Gasteiger partial charge in [-0.1, -0.05) is 0 Å². The van der Waals surface area contributed by atoms with Crippen LogP contribution in [-0.4, -0.2) is 59.5 Å². The van der Waals surface area contributed by atoms with Crippen LogP contribution < -0.4 is 9.64 Å². The number of anilines is 1. The van der Waals surface area contributed by atoms with E-state index in [0.717, 1.165) is 53.9 Å². The molecular weight excluding hydrogens is 408 g/mol. The maximum absolute atomic E-state index is 12.5. The Morgan fingerprint density at radius 3 is 2.78 bits per heavy atom. The Labute approximate surface area is 188 Å². The van der Waals surface area contributed by atoms with Gasteiger partial charge in [0.25, 0.3) is 0 Å². The minimum absolute atomic E-state index is 0.0495. The highest BCUT2D eigenvalue weighted by molar-refractivity contribution is 5.92. The Bertz CT molecular complexity index is 1030. The summed E-state index contributed by atoms with van der Waals surface area (Å²) in [5.74, 6) is 0.977. The molecule has 0 unspecified atom stereocenters. The van der Waals surface area contributed by atoms with E-state index in [2.05, 4.69) is 11.3 Å². The first-order valence-electron chi connectivity index (χ1n) is 11.5. The average molecular weight is 439 g/mol. The maximum atomic E-state index is 12.5. The molecule has 2 amide bonds. The van der Waals surface area contributed by atoms with E-state index in [1.807, 2.05) is 34.8 Å². The van der Waals surface area contributed by atoms with Gasteiger partial charge in [-0.3, -0.25) is 14.4 Å². The van der Waals surface area contributed by atoms with Gasteiger partial charge in [0, 0.05) is 41.9 Å². The molecule has 8 heteroatoms. The molecule has 2 fully saturated rings. The van der Waals surface area contributed by atoms with E-state index >= 15 is 0 Å². The number of carbonyl (C=O) groups is 2. The minimum Gasteiger partial charge on any atom is -0.491 e. The van der Waals surface area contributed by atoms with Crippen molar-refractivity contribution in [2.75, 3.05) is 31.7 Å². The van der Waals surface area contributed by atoms with E-state index < -0.39 is 0 Å². The van der Waals surface area contributed by atoms with Crippen LogP contribution in [0.25, 0.3) is 11.1 Å². The van der Waals surface area contributed by atoms with E-state index in [1.54, 1.807) is 4.90 Å². The summed E-state index contributed by atoms with van der Waals surface area (Å²) >= 11 is 0. The zero-order valence-electron chi connectivity index (χ0n) is 18.7. The Morgan fingerprint density at radius 2 is 2.06 bits per heavy atom. The number of likely N-dealkylation sites (tertiary alicyclic amines) is 1. The third-order valence-corrected chi connectivity index (χ3v) is 6.73. The molecule has 8 nitrogen and oxygen atoms in total. The number of ether oxygens (including phenoxy) is 2. The number of amides is 2. The van der Waals surface area contributed by atoms with Crippen LogP contribution in [0.5, 0.6) is 5.75 Å². The molecule has 1 aliphatic carbocycles. The summed E-state index contributed by atoms with van der Waals surface area (Å²) in [6.07, 6.45) is 9.13. The highest BCUT2D eigenvalue weighted by atomic mass is 16.5. The smallest absolute Gasteiger partial charge is 0.414 e. The number of hydrogen-bond acceptors (Lipinski definition) is 5. The molecular formula is C24H30N4O4. The zero-order valence-corrected chi connectivity index (χ0v) is 18.7. The molecule has 5 rings (SSSR count). The van der Waals surface area contributed by atoms with E-state index in [-0.39, 0.29) is 18.0 Å². The lowest BCUT2D eigenvalue weighted by molar-refractivity contribution is -0.128. The lowest BCUT2D eigenvalue weighted by Crippen LogP contribution is -2.42. The Morgan fingerprint density at radius 1 is 1.22 bits per heavy atom. The van der Waals surface area contributed by atoms with Gasteiger partial charge in [-0.05, 0) is 51.2 Å². The van der Waals surface area contributed by atoms with Crippen molar-refractivity contribution in [3.05, 3.63) is 30.1 Å². The van der Waals surface area contributed by atoms with Crippen LogP contribution in [0, 0.1) is 0 Å².